The summed E-state index contributed by atoms with van der Waals surface area (Å²) >= 11 is 0. The van der Waals surface area contributed by atoms with E-state index in [9.17, 15) is 9.59 Å². The number of nitrogens with one attached hydrogen (secondary N) is 1. The Labute approximate surface area is 138 Å². The van der Waals surface area contributed by atoms with Gasteiger partial charge in [0.2, 0.25) is 5.91 Å². The predicted octanol–water partition coefficient (Wildman–Crippen LogP) is 2.52. The highest BCUT2D eigenvalue weighted by Gasteiger charge is 2.25. The summed E-state index contributed by atoms with van der Waals surface area (Å²) in [4.78, 5) is 25.5. The van der Waals surface area contributed by atoms with E-state index in [4.69, 9.17) is 4.74 Å². The average molecular weight is 318 g/mol. The maximum Gasteiger partial charge on any atom is 0.409 e. The molecule has 1 N–H and O–H groups in total. The van der Waals surface area contributed by atoms with Gasteiger partial charge in [-0.05, 0) is 31.7 Å². The van der Waals surface area contributed by atoms with E-state index in [0.29, 0.717) is 13.1 Å². The van der Waals surface area contributed by atoms with Gasteiger partial charge in [0.1, 0.15) is 0 Å². The lowest BCUT2D eigenvalue weighted by atomic mass is 9.98. The second-order valence-corrected chi connectivity index (χ2v) is 6.33. The van der Waals surface area contributed by atoms with Crippen LogP contribution in [0, 0.1) is 12.8 Å². The van der Waals surface area contributed by atoms with Gasteiger partial charge in [-0.3, -0.25) is 4.79 Å². The smallest absolute Gasteiger partial charge is 0.409 e. The summed E-state index contributed by atoms with van der Waals surface area (Å²) in [6.45, 7) is 5.27. The molecule has 0 radical (unpaired) electrons. The summed E-state index contributed by atoms with van der Waals surface area (Å²) in [7, 11) is 1.39. The molecule has 1 heterocycles. The minimum absolute atomic E-state index is 0.0589. The first kappa shape index (κ1) is 17.3. The van der Waals surface area contributed by atoms with Crippen molar-refractivity contribution < 1.29 is 14.3 Å². The van der Waals surface area contributed by atoms with Crippen molar-refractivity contribution in [3.63, 3.8) is 0 Å². The van der Waals surface area contributed by atoms with Gasteiger partial charge in [0.15, 0.2) is 0 Å². The van der Waals surface area contributed by atoms with Gasteiger partial charge >= 0.3 is 6.09 Å². The number of nitrogens with zero attached hydrogens (tertiary/aromatic N) is 1. The van der Waals surface area contributed by atoms with Crippen LogP contribution in [0.15, 0.2) is 24.3 Å². The lowest BCUT2D eigenvalue weighted by molar-refractivity contribution is -0.125. The zero-order chi connectivity index (χ0) is 16.8. The van der Waals surface area contributed by atoms with Crippen LogP contribution in [0.25, 0.3) is 0 Å². The van der Waals surface area contributed by atoms with E-state index in [0.717, 1.165) is 19.3 Å². The van der Waals surface area contributed by atoms with Gasteiger partial charge in [0.25, 0.3) is 0 Å². The Hall–Kier alpha value is -2.04. The van der Waals surface area contributed by atoms with Crippen LogP contribution in [0.4, 0.5) is 4.79 Å². The average Bonchev–Trinajstić information content (AvgIpc) is 2.56. The van der Waals surface area contributed by atoms with E-state index < -0.39 is 0 Å². The summed E-state index contributed by atoms with van der Waals surface area (Å²) < 4.78 is 4.72. The van der Waals surface area contributed by atoms with Gasteiger partial charge in [-0.1, -0.05) is 36.8 Å². The standard InChI is InChI=1S/C18H26N2O3/c1-13-4-6-15(7-5-13)12-14(2)17(21)19-16-8-10-20(11-9-16)18(22)23-3/h4-7,14,16H,8-12H2,1-3H3,(H,19,21)/t14-/m1/s1. The molecule has 1 aliphatic heterocycles. The molecule has 5 nitrogen and oxygen atoms in total. The number of piperidine rings is 1. The van der Waals surface area contributed by atoms with Crippen molar-refractivity contribution in [1.82, 2.24) is 10.2 Å². The van der Waals surface area contributed by atoms with E-state index in [1.165, 1.54) is 18.2 Å². The fraction of sp³-hybridized carbons (Fsp3) is 0.556. The van der Waals surface area contributed by atoms with Crippen molar-refractivity contribution in [3.05, 3.63) is 35.4 Å². The molecule has 23 heavy (non-hydrogen) atoms. The molecule has 0 aliphatic carbocycles. The summed E-state index contributed by atoms with van der Waals surface area (Å²) in [5.41, 5.74) is 2.40. The number of hydrogen-bond acceptors (Lipinski definition) is 3. The molecule has 1 fully saturated rings. The molecular formula is C18H26N2O3. The van der Waals surface area contributed by atoms with Crippen LogP contribution in [-0.4, -0.2) is 43.1 Å². The SMILES string of the molecule is COC(=O)N1CCC(NC(=O)[C@H](C)Cc2ccc(C)cc2)CC1. The highest BCUT2D eigenvalue weighted by molar-refractivity contribution is 5.79. The van der Waals surface area contributed by atoms with E-state index in [-0.39, 0.29) is 24.0 Å². The Morgan fingerprint density at radius 1 is 1.26 bits per heavy atom. The van der Waals surface area contributed by atoms with Crippen molar-refractivity contribution in [1.29, 1.82) is 0 Å². The van der Waals surface area contributed by atoms with E-state index in [2.05, 4.69) is 36.5 Å². The number of likely N-dealkylation sites (tertiary alicyclic amines) is 1. The van der Waals surface area contributed by atoms with Crippen molar-refractivity contribution in [2.75, 3.05) is 20.2 Å². The van der Waals surface area contributed by atoms with Crippen LogP contribution in [-0.2, 0) is 16.0 Å². The summed E-state index contributed by atoms with van der Waals surface area (Å²) in [5, 5.41) is 3.11. The number of aryl methyl sites for hydroxylation is 1. The first-order valence-corrected chi connectivity index (χ1v) is 8.18. The molecule has 2 rings (SSSR count). The van der Waals surface area contributed by atoms with Crippen molar-refractivity contribution in [2.24, 2.45) is 5.92 Å². The highest BCUT2D eigenvalue weighted by atomic mass is 16.5. The Bertz CT molecular complexity index is 534. The summed E-state index contributed by atoms with van der Waals surface area (Å²) in [6, 6.07) is 8.44. The number of benzene rings is 1. The predicted molar refractivity (Wildman–Crippen MR) is 89.2 cm³/mol. The number of methoxy groups -OCH3 is 1. The van der Waals surface area contributed by atoms with E-state index in [1.54, 1.807) is 4.90 Å². The van der Waals surface area contributed by atoms with E-state index in [1.807, 2.05) is 6.92 Å². The molecule has 1 atom stereocenters. The second-order valence-electron chi connectivity index (χ2n) is 6.33. The maximum absolute atomic E-state index is 12.3. The van der Waals surface area contributed by atoms with Gasteiger partial charge < -0.3 is 15.0 Å². The minimum atomic E-state index is -0.289. The van der Waals surface area contributed by atoms with E-state index >= 15 is 0 Å². The third-order valence-electron chi connectivity index (χ3n) is 4.38. The zero-order valence-electron chi connectivity index (χ0n) is 14.2. The van der Waals surface area contributed by atoms with Crippen LogP contribution < -0.4 is 5.32 Å². The first-order chi connectivity index (χ1) is 11.0. The molecule has 1 aliphatic rings. The molecule has 2 amide bonds. The number of hydrogen-bond donors (Lipinski definition) is 1. The molecule has 0 aromatic heterocycles. The number of ether oxygens (including phenoxy) is 1. The third kappa shape index (κ3) is 4.98. The summed E-state index contributed by atoms with van der Waals surface area (Å²) in [6.07, 6.45) is 2.01. The summed E-state index contributed by atoms with van der Waals surface area (Å²) in [5.74, 6) is 0.0263. The van der Waals surface area contributed by atoms with Crippen LogP contribution in [0.2, 0.25) is 0 Å². The Balaban J connectivity index is 1.78. The van der Waals surface area contributed by atoms with Gasteiger partial charge in [-0.15, -0.1) is 0 Å². The van der Waals surface area contributed by atoms with Gasteiger partial charge in [0.05, 0.1) is 7.11 Å². The monoisotopic (exact) mass is 318 g/mol. The van der Waals surface area contributed by atoms with Crippen molar-refractivity contribution in [3.8, 4) is 0 Å². The Morgan fingerprint density at radius 2 is 1.87 bits per heavy atom. The first-order valence-electron chi connectivity index (χ1n) is 8.18. The quantitative estimate of drug-likeness (QED) is 0.928. The zero-order valence-corrected chi connectivity index (χ0v) is 14.2. The lowest BCUT2D eigenvalue weighted by Crippen LogP contribution is -2.47. The fourth-order valence-electron chi connectivity index (χ4n) is 2.85. The second kappa shape index (κ2) is 7.99. The molecule has 0 bridgehead atoms. The molecule has 5 heteroatoms. The lowest BCUT2D eigenvalue weighted by Gasteiger charge is -2.31. The normalized spacial score (nSPS) is 16.7. The number of amides is 2. The van der Waals surface area contributed by atoms with Crippen molar-refractivity contribution in [2.45, 2.75) is 39.2 Å². The molecule has 0 spiro atoms. The van der Waals surface area contributed by atoms with Crippen LogP contribution in [0.5, 0.6) is 0 Å². The van der Waals surface area contributed by atoms with Crippen LogP contribution in [0.1, 0.15) is 30.9 Å². The van der Waals surface area contributed by atoms with Gasteiger partial charge in [0, 0.05) is 25.0 Å². The maximum atomic E-state index is 12.3. The molecule has 0 saturated carbocycles. The van der Waals surface area contributed by atoms with Gasteiger partial charge in [-0.2, -0.15) is 0 Å². The van der Waals surface area contributed by atoms with Gasteiger partial charge in [-0.25, -0.2) is 4.79 Å². The minimum Gasteiger partial charge on any atom is -0.453 e. The molecule has 1 aromatic rings. The number of carbonyl (C=O) groups excluding carboxylic acids is 2. The molecule has 1 saturated heterocycles. The van der Waals surface area contributed by atoms with Crippen LogP contribution >= 0.6 is 0 Å². The topological polar surface area (TPSA) is 58.6 Å². The number of rotatable bonds is 4. The Morgan fingerprint density at radius 3 is 2.43 bits per heavy atom. The molecule has 126 valence electrons. The molecule has 0 unspecified atom stereocenters. The largest absolute Gasteiger partial charge is 0.453 e. The number of carbonyl (C=O) groups is 2. The molecule has 1 aromatic carbocycles. The third-order valence-corrected chi connectivity index (χ3v) is 4.38. The van der Waals surface area contributed by atoms with Crippen molar-refractivity contribution >= 4 is 12.0 Å². The van der Waals surface area contributed by atoms with Crippen LogP contribution in [0.3, 0.4) is 0 Å². The Kier molecular flexibility index (Phi) is 6.02. The highest BCUT2D eigenvalue weighted by Crippen LogP contribution is 2.14. The molecular weight excluding hydrogens is 292 g/mol. The fourth-order valence-corrected chi connectivity index (χ4v) is 2.85.